The van der Waals surface area contributed by atoms with Crippen LogP contribution in [0.1, 0.15) is 44.7 Å². The van der Waals surface area contributed by atoms with E-state index in [0.717, 1.165) is 85.0 Å². The largest absolute Gasteiger partial charge is 0.573 e. The van der Waals surface area contributed by atoms with Gasteiger partial charge in [0.15, 0.2) is 5.75 Å². The topological polar surface area (TPSA) is 94.6 Å². The summed E-state index contributed by atoms with van der Waals surface area (Å²) < 4.78 is 46.0. The first kappa shape index (κ1) is 35.7. The van der Waals surface area contributed by atoms with E-state index >= 15 is 0 Å². The molecule has 4 heterocycles. The number of aromatic nitrogens is 4. The maximum atomic E-state index is 13.8. The van der Waals surface area contributed by atoms with Crippen LogP contribution in [0.4, 0.5) is 42.0 Å². The number of piperazine rings is 1. The minimum absolute atomic E-state index is 0.103. The highest BCUT2D eigenvalue weighted by Gasteiger charge is 2.34. The van der Waals surface area contributed by atoms with Crippen LogP contribution in [0.5, 0.6) is 5.75 Å². The summed E-state index contributed by atoms with van der Waals surface area (Å²) in [5, 5.41) is 6.69. The molecule has 2 aliphatic rings. The van der Waals surface area contributed by atoms with Crippen molar-refractivity contribution in [2.45, 2.75) is 62.6 Å². The lowest BCUT2D eigenvalue weighted by Crippen LogP contribution is -2.52. The van der Waals surface area contributed by atoms with Gasteiger partial charge in [0, 0.05) is 86.5 Å². The zero-order valence-electron chi connectivity index (χ0n) is 28.9. The van der Waals surface area contributed by atoms with Gasteiger partial charge in [-0.3, -0.25) is 14.9 Å². The molecule has 2 saturated heterocycles. The number of hydrogen-bond donors (Lipinski definition) is 2. The molecular weight excluding hydrogens is 664 g/mol. The van der Waals surface area contributed by atoms with Gasteiger partial charge in [-0.25, -0.2) is 4.98 Å². The van der Waals surface area contributed by atoms with Gasteiger partial charge in [-0.15, -0.1) is 24.9 Å². The Morgan fingerprint density at radius 2 is 1.74 bits per heavy atom. The number of nitrogens with zero attached hydrogens (tertiary/aromatic N) is 7. The van der Waals surface area contributed by atoms with Gasteiger partial charge < -0.3 is 25.2 Å². The number of piperidine rings is 1. The Morgan fingerprint density at radius 1 is 1.00 bits per heavy atom. The number of alkyl halides is 3. The predicted molar refractivity (Wildman–Crippen MR) is 196 cm³/mol. The van der Waals surface area contributed by atoms with E-state index in [0.29, 0.717) is 23.8 Å². The number of anilines is 5. The fourth-order valence-corrected chi connectivity index (χ4v) is 7.56. The van der Waals surface area contributed by atoms with Crippen LogP contribution in [-0.2, 0) is 6.42 Å². The molecule has 0 unspecified atom stereocenters. The number of rotatable bonds is 11. The van der Waals surface area contributed by atoms with Crippen LogP contribution in [-0.4, -0.2) is 93.7 Å². The monoisotopic (exact) mass is 707 g/mol. The zero-order chi connectivity index (χ0) is 35.4. The van der Waals surface area contributed by atoms with Crippen molar-refractivity contribution in [3.8, 4) is 5.75 Å². The van der Waals surface area contributed by atoms with E-state index in [2.05, 4.69) is 72.5 Å². The minimum atomic E-state index is -4.89. The van der Waals surface area contributed by atoms with Crippen molar-refractivity contribution in [2.24, 2.45) is 0 Å². The zero-order valence-corrected chi connectivity index (χ0v) is 29.7. The Bertz CT molecular complexity index is 1810. The predicted octanol–water partition coefficient (Wildman–Crippen LogP) is 7.73. The lowest BCUT2D eigenvalue weighted by molar-refractivity contribution is -0.274. The van der Waals surface area contributed by atoms with E-state index in [1.165, 1.54) is 6.07 Å². The average molecular weight is 708 g/mol. The number of ether oxygens (including phenoxy) is 1. The fourth-order valence-electron chi connectivity index (χ4n) is 6.57. The third-order valence-electron chi connectivity index (χ3n) is 9.13. The highest BCUT2D eigenvalue weighted by molar-refractivity contribution is 8.00. The van der Waals surface area contributed by atoms with Crippen molar-refractivity contribution in [1.82, 2.24) is 29.7 Å². The van der Waals surface area contributed by atoms with E-state index in [1.807, 2.05) is 19.1 Å². The summed E-state index contributed by atoms with van der Waals surface area (Å²) >= 11 is 1.64. The normalized spacial score (nSPS) is 16.6. The molecule has 2 aromatic carbocycles. The SMILES string of the molecule is C=Cc1cnc(Nc2cc(CC)c(N3CCC(N4CCN(C)CC4)CC3)cc2OC(F)(F)F)nc1Nc1ccc2nccnc2c1SC(C)C. The van der Waals surface area contributed by atoms with Gasteiger partial charge in [0.25, 0.3) is 0 Å². The van der Waals surface area contributed by atoms with E-state index in [1.54, 1.807) is 42.5 Å². The Labute approximate surface area is 295 Å². The van der Waals surface area contributed by atoms with Gasteiger partial charge in [-0.1, -0.05) is 33.4 Å². The Balaban J connectivity index is 1.28. The van der Waals surface area contributed by atoms with Crippen molar-refractivity contribution in [2.75, 3.05) is 61.8 Å². The van der Waals surface area contributed by atoms with Gasteiger partial charge in [0.2, 0.25) is 5.95 Å². The molecule has 2 N–H and O–H groups in total. The van der Waals surface area contributed by atoms with Crippen LogP contribution in [0.15, 0.2) is 54.3 Å². The van der Waals surface area contributed by atoms with E-state index in [4.69, 9.17) is 4.98 Å². The van der Waals surface area contributed by atoms with Crippen LogP contribution < -0.4 is 20.3 Å². The molecule has 0 atom stereocenters. The molecule has 2 aliphatic heterocycles. The molecular formula is C36H44F3N9OS. The third-order valence-corrected chi connectivity index (χ3v) is 10.3. The number of aryl methyl sites for hydroxylation is 1. The molecule has 0 radical (unpaired) electrons. The number of halogens is 3. The fraction of sp³-hybridized carbons (Fsp3) is 0.444. The molecule has 4 aromatic rings. The molecule has 2 aromatic heterocycles. The van der Waals surface area contributed by atoms with Crippen molar-refractivity contribution in [3.63, 3.8) is 0 Å². The number of fused-ring (bicyclic) bond motifs is 1. The lowest BCUT2D eigenvalue weighted by atomic mass is 9.99. The molecule has 0 aliphatic carbocycles. The van der Waals surface area contributed by atoms with Crippen LogP contribution in [0, 0.1) is 0 Å². The molecule has 0 amide bonds. The smallest absolute Gasteiger partial charge is 0.403 e. The second-order valence-electron chi connectivity index (χ2n) is 12.9. The Hall–Kier alpha value is -4.14. The van der Waals surface area contributed by atoms with Crippen LogP contribution in [0.25, 0.3) is 17.1 Å². The molecule has 10 nitrogen and oxygen atoms in total. The summed E-state index contributed by atoms with van der Waals surface area (Å²) in [6, 6.07) is 7.51. The summed E-state index contributed by atoms with van der Waals surface area (Å²) in [4.78, 5) is 26.1. The lowest BCUT2D eigenvalue weighted by Gasteiger charge is -2.43. The summed E-state index contributed by atoms with van der Waals surface area (Å²) in [5.41, 5.74) is 4.70. The van der Waals surface area contributed by atoms with E-state index in [9.17, 15) is 13.2 Å². The number of hydrogen-bond acceptors (Lipinski definition) is 11. The summed E-state index contributed by atoms with van der Waals surface area (Å²) in [5.74, 6) is 0.201. The first-order valence-electron chi connectivity index (χ1n) is 17.1. The molecule has 0 spiro atoms. The first-order valence-corrected chi connectivity index (χ1v) is 17.9. The minimum Gasteiger partial charge on any atom is -0.403 e. The first-order chi connectivity index (χ1) is 24.0. The second-order valence-corrected chi connectivity index (χ2v) is 14.5. The average Bonchev–Trinajstić information content (AvgIpc) is 3.09. The highest BCUT2D eigenvalue weighted by atomic mass is 32.2. The maximum absolute atomic E-state index is 13.8. The van der Waals surface area contributed by atoms with Crippen molar-refractivity contribution in [3.05, 3.63) is 60.6 Å². The van der Waals surface area contributed by atoms with Crippen molar-refractivity contribution >= 4 is 57.7 Å². The van der Waals surface area contributed by atoms with Gasteiger partial charge in [-0.05, 0) is 50.1 Å². The van der Waals surface area contributed by atoms with Gasteiger partial charge in [-0.2, -0.15) is 4.98 Å². The van der Waals surface area contributed by atoms with Gasteiger partial charge in [0.05, 0.1) is 21.8 Å². The number of benzene rings is 2. The Kier molecular flexibility index (Phi) is 11.0. The number of nitrogens with one attached hydrogen (secondary N) is 2. The molecule has 50 heavy (non-hydrogen) atoms. The van der Waals surface area contributed by atoms with Crippen molar-refractivity contribution < 1.29 is 17.9 Å². The molecule has 0 saturated carbocycles. The molecule has 6 rings (SSSR count). The van der Waals surface area contributed by atoms with Crippen molar-refractivity contribution in [1.29, 1.82) is 0 Å². The third kappa shape index (κ3) is 8.41. The number of thioether (sulfide) groups is 1. The van der Waals surface area contributed by atoms with Gasteiger partial charge in [0.1, 0.15) is 11.3 Å². The second kappa shape index (κ2) is 15.4. The molecule has 14 heteroatoms. The van der Waals surface area contributed by atoms with Crippen LogP contribution in [0.2, 0.25) is 0 Å². The Morgan fingerprint density at radius 3 is 2.42 bits per heavy atom. The standard InChI is InChI=1S/C36H44F3N9OS/c1-6-24-20-29(31(49-36(37,38)39)21-30(24)48-14-10-26(11-15-48)47-18-16-46(5)17-19-47)44-35-42-22-25(7-2)34(45-35)43-28-9-8-27-32(41-13-12-40-27)33(28)50-23(3)4/h7-9,12-13,20-23,26H,2,6,10-11,14-19H2,1,3-5H3,(H2,42,43,44,45). The summed E-state index contributed by atoms with van der Waals surface area (Å²) in [6.07, 6.45) is 4.17. The quantitative estimate of drug-likeness (QED) is 0.150. The van der Waals surface area contributed by atoms with E-state index < -0.39 is 6.36 Å². The van der Waals surface area contributed by atoms with Crippen LogP contribution in [0.3, 0.4) is 0 Å². The summed E-state index contributed by atoms with van der Waals surface area (Å²) in [7, 11) is 2.15. The molecule has 0 bridgehead atoms. The summed E-state index contributed by atoms with van der Waals surface area (Å²) in [6.45, 7) is 15.8. The maximum Gasteiger partial charge on any atom is 0.573 e. The molecule has 2 fully saturated rings. The van der Waals surface area contributed by atoms with Gasteiger partial charge >= 0.3 is 6.36 Å². The van der Waals surface area contributed by atoms with E-state index in [-0.39, 0.29) is 22.6 Å². The number of likely N-dealkylation sites (N-methyl/N-ethyl adjacent to an activating group) is 1. The molecule has 266 valence electrons. The van der Waals surface area contributed by atoms with Crippen LogP contribution >= 0.6 is 11.8 Å². The highest BCUT2D eigenvalue weighted by Crippen LogP contribution is 2.41.